The fourth-order valence-corrected chi connectivity index (χ4v) is 3.77. The average molecular weight is 357 g/mol. The van der Waals surface area contributed by atoms with Crippen LogP contribution in [0.5, 0.6) is 0 Å². The van der Waals surface area contributed by atoms with E-state index >= 15 is 0 Å². The van der Waals surface area contributed by atoms with Crippen molar-refractivity contribution < 1.29 is 4.79 Å². The maximum absolute atomic E-state index is 11.8. The zero-order valence-corrected chi connectivity index (χ0v) is 15.9. The van der Waals surface area contributed by atoms with Crippen LogP contribution in [0.15, 0.2) is 66.5 Å². The molecule has 0 fully saturated rings. The van der Waals surface area contributed by atoms with Crippen molar-refractivity contribution in [3.8, 4) is 11.1 Å². The van der Waals surface area contributed by atoms with Crippen molar-refractivity contribution in [2.24, 2.45) is 0 Å². The second kappa shape index (κ2) is 6.88. The van der Waals surface area contributed by atoms with Crippen molar-refractivity contribution in [2.45, 2.75) is 33.2 Å². The number of Topliss-reactive ketones (excluding diaryl/α,β-unsaturated/α-hetero) is 1. The standard InChI is InChI=1S/C23H23N3O/c1-4-26-23-22(14-24-26)21(12-15(2)25-23)20-11-6-5-10-19(20)18-9-7-8-17(13-18)16(3)27/h5-14,21,25H,4H2,1-3H3. The molecule has 0 saturated carbocycles. The maximum atomic E-state index is 11.8. The molecule has 0 aliphatic carbocycles. The van der Waals surface area contributed by atoms with Crippen LogP contribution in [0.3, 0.4) is 0 Å². The summed E-state index contributed by atoms with van der Waals surface area (Å²) < 4.78 is 2.00. The fourth-order valence-electron chi connectivity index (χ4n) is 3.77. The van der Waals surface area contributed by atoms with E-state index in [1.165, 1.54) is 11.1 Å². The van der Waals surface area contributed by atoms with Crippen LogP contribution < -0.4 is 5.32 Å². The number of carbonyl (C=O) groups excluding carboxylic acids is 1. The van der Waals surface area contributed by atoms with Crippen LogP contribution in [-0.2, 0) is 6.54 Å². The molecule has 1 aliphatic rings. The quantitative estimate of drug-likeness (QED) is 0.650. The van der Waals surface area contributed by atoms with Crippen LogP contribution in [-0.4, -0.2) is 15.6 Å². The summed E-state index contributed by atoms with van der Waals surface area (Å²) in [5, 5.41) is 8.00. The molecule has 4 rings (SSSR count). The monoisotopic (exact) mass is 357 g/mol. The lowest BCUT2D eigenvalue weighted by Gasteiger charge is -2.25. The van der Waals surface area contributed by atoms with E-state index in [9.17, 15) is 4.79 Å². The number of rotatable bonds is 4. The summed E-state index contributed by atoms with van der Waals surface area (Å²) in [4.78, 5) is 11.8. The second-order valence-corrected chi connectivity index (χ2v) is 6.94. The molecule has 0 amide bonds. The van der Waals surface area contributed by atoms with Gasteiger partial charge in [0.1, 0.15) is 5.82 Å². The zero-order chi connectivity index (χ0) is 19.0. The van der Waals surface area contributed by atoms with Gasteiger partial charge in [0.25, 0.3) is 0 Å². The van der Waals surface area contributed by atoms with E-state index in [2.05, 4.69) is 54.6 Å². The number of allylic oxidation sites excluding steroid dienone is 2. The summed E-state index contributed by atoms with van der Waals surface area (Å²) in [6.45, 7) is 6.61. The van der Waals surface area contributed by atoms with Gasteiger partial charge in [-0.15, -0.1) is 0 Å². The van der Waals surface area contributed by atoms with E-state index in [1.54, 1.807) is 6.92 Å². The largest absolute Gasteiger partial charge is 0.344 e. The normalized spacial score (nSPS) is 15.7. The summed E-state index contributed by atoms with van der Waals surface area (Å²) >= 11 is 0. The van der Waals surface area contributed by atoms with Crippen molar-refractivity contribution in [3.05, 3.63) is 83.2 Å². The molecule has 1 N–H and O–H groups in total. The average Bonchev–Trinajstić information content (AvgIpc) is 3.10. The zero-order valence-electron chi connectivity index (χ0n) is 15.9. The van der Waals surface area contributed by atoms with Crippen molar-refractivity contribution in [1.29, 1.82) is 0 Å². The Morgan fingerprint density at radius 1 is 1.15 bits per heavy atom. The molecule has 4 nitrogen and oxygen atoms in total. The predicted molar refractivity (Wildman–Crippen MR) is 109 cm³/mol. The number of ketones is 1. The third kappa shape index (κ3) is 3.08. The van der Waals surface area contributed by atoms with Crippen LogP contribution in [0.1, 0.15) is 48.2 Å². The number of hydrogen-bond donors (Lipinski definition) is 1. The number of fused-ring (bicyclic) bond motifs is 1. The van der Waals surface area contributed by atoms with E-state index < -0.39 is 0 Å². The molecule has 3 aromatic rings. The minimum atomic E-state index is 0.0819. The summed E-state index contributed by atoms with van der Waals surface area (Å²) in [6.07, 6.45) is 4.21. The molecule has 136 valence electrons. The Bertz CT molecular complexity index is 1050. The van der Waals surface area contributed by atoms with Crippen LogP contribution in [0.2, 0.25) is 0 Å². The first-order chi connectivity index (χ1) is 13.1. The lowest BCUT2D eigenvalue weighted by atomic mass is 9.84. The van der Waals surface area contributed by atoms with Crippen LogP contribution in [0.4, 0.5) is 5.82 Å². The smallest absolute Gasteiger partial charge is 0.159 e. The second-order valence-electron chi connectivity index (χ2n) is 6.94. The SMILES string of the molecule is CCn1ncc2c1NC(C)=CC2c1ccccc1-c1cccc(C(C)=O)c1. The Kier molecular flexibility index (Phi) is 4.40. The minimum Gasteiger partial charge on any atom is -0.344 e. The highest BCUT2D eigenvalue weighted by Crippen LogP contribution is 2.40. The number of carbonyl (C=O) groups is 1. The summed E-state index contributed by atoms with van der Waals surface area (Å²) in [6, 6.07) is 16.3. The molecule has 27 heavy (non-hydrogen) atoms. The van der Waals surface area contributed by atoms with Crippen molar-refractivity contribution in [3.63, 3.8) is 0 Å². The third-order valence-corrected chi connectivity index (χ3v) is 5.11. The van der Waals surface area contributed by atoms with Gasteiger partial charge in [-0.05, 0) is 43.5 Å². The molecular weight excluding hydrogens is 334 g/mol. The van der Waals surface area contributed by atoms with E-state index in [0.29, 0.717) is 0 Å². The van der Waals surface area contributed by atoms with Crippen LogP contribution >= 0.6 is 0 Å². The number of hydrogen-bond acceptors (Lipinski definition) is 3. The van der Waals surface area contributed by atoms with E-state index in [0.717, 1.165) is 34.8 Å². The van der Waals surface area contributed by atoms with Crippen LogP contribution in [0, 0.1) is 0 Å². The molecule has 4 heteroatoms. The van der Waals surface area contributed by atoms with E-state index in [4.69, 9.17) is 0 Å². The van der Waals surface area contributed by atoms with Gasteiger partial charge in [0.15, 0.2) is 5.78 Å². The minimum absolute atomic E-state index is 0.0819. The van der Waals surface area contributed by atoms with Gasteiger partial charge in [-0.1, -0.05) is 48.5 Å². The Balaban J connectivity index is 1.87. The van der Waals surface area contributed by atoms with Gasteiger partial charge in [0.05, 0.1) is 6.20 Å². The Hall–Kier alpha value is -3.14. The first-order valence-corrected chi connectivity index (χ1v) is 9.30. The number of benzene rings is 2. The molecule has 1 aromatic heterocycles. The van der Waals surface area contributed by atoms with Gasteiger partial charge in [0, 0.05) is 29.3 Å². The van der Waals surface area contributed by atoms with Crippen molar-refractivity contribution in [2.75, 3.05) is 5.32 Å². The van der Waals surface area contributed by atoms with Gasteiger partial charge < -0.3 is 5.32 Å². The molecule has 2 heterocycles. The number of anilines is 1. The topological polar surface area (TPSA) is 46.9 Å². The number of nitrogens with one attached hydrogen (secondary N) is 1. The molecule has 1 atom stereocenters. The molecular formula is C23H23N3O. The van der Waals surface area contributed by atoms with Gasteiger partial charge in [-0.25, -0.2) is 4.68 Å². The van der Waals surface area contributed by atoms with Gasteiger partial charge in [-0.2, -0.15) is 5.10 Å². The van der Waals surface area contributed by atoms with E-state index in [-0.39, 0.29) is 11.7 Å². The predicted octanol–water partition coefficient (Wildman–Crippen LogP) is 5.23. The molecule has 1 unspecified atom stereocenters. The molecule has 0 saturated heterocycles. The number of nitrogens with zero attached hydrogens (tertiary/aromatic N) is 2. The molecule has 1 aliphatic heterocycles. The fraction of sp³-hybridized carbons (Fsp3) is 0.217. The highest BCUT2D eigenvalue weighted by atomic mass is 16.1. The molecule has 2 aromatic carbocycles. The first-order valence-electron chi connectivity index (χ1n) is 9.30. The van der Waals surface area contributed by atoms with Crippen molar-refractivity contribution in [1.82, 2.24) is 9.78 Å². The Morgan fingerprint density at radius 2 is 1.96 bits per heavy atom. The highest BCUT2D eigenvalue weighted by molar-refractivity contribution is 5.95. The van der Waals surface area contributed by atoms with Gasteiger partial charge in [-0.3, -0.25) is 4.79 Å². The van der Waals surface area contributed by atoms with Gasteiger partial charge >= 0.3 is 0 Å². The highest BCUT2D eigenvalue weighted by Gasteiger charge is 2.26. The molecule has 0 bridgehead atoms. The Labute approximate surface area is 159 Å². The molecule has 0 spiro atoms. The number of aryl methyl sites for hydroxylation is 1. The van der Waals surface area contributed by atoms with Crippen LogP contribution in [0.25, 0.3) is 11.1 Å². The lowest BCUT2D eigenvalue weighted by Crippen LogP contribution is -2.14. The van der Waals surface area contributed by atoms with Gasteiger partial charge in [0.2, 0.25) is 0 Å². The van der Waals surface area contributed by atoms with E-state index in [1.807, 2.05) is 35.1 Å². The lowest BCUT2D eigenvalue weighted by molar-refractivity contribution is 0.101. The maximum Gasteiger partial charge on any atom is 0.159 e. The Morgan fingerprint density at radius 3 is 2.74 bits per heavy atom. The molecule has 0 radical (unpaired) electrons. The summed E-state index contributed by atoms with van der Waals surface area (Å²) in [5.74, 6) is 1.27. The summed E-state index contributed by atoms with van der Waals surface area (Å²) in [7, 11) is 0. The third-order valence-electron chi connectivity index (χ3n) is 5.11. The number of aromatic nitrogens is 2. The van der Waals surface area contributed by atoms with Crippen molar-refractivity contribution >= 4 is 11.6 Å². The summed E-state index contributed by atoms with van der Waals surface area (Å²) in [5.41, 5.74) is 6.46. The first kappa shape index (κ1) is 17.3.